The second kappa shape index (κ2) is 8.98. The molecule has 0 unspecified atom stereocenters. The number of nitrogen functional groups attached to an aromatic ring is 2. The van der Waals surface area contributed by atoms with Crippen LogP contribution in [0.1, 0.15) is 48.3 Å². The van der Waals surface area contributed by atoms with E-state index in [-0.39, 0.29) is 24.3 Å². The van der Waals surface area contributed by atoms with Crippen LogP contribution in [0.15, 0.2) is 35.9 Å². The summed E-state index contributed by atoms with van der Waals surface area (Å²) in [5.74, 6) is -0.268. The van der Waals surface area contributed by atoms with E-state index in [0.29, 0.717) is 5.56 Å². The molecule has 8 nitrogen and oxygen atoms in total. The number of allylic oxidation sites excluding steroid dienone is 1. The number of rotatable bonds is 7. The molecule has 0 bridgehead atoms. The van der Waals surface area contributed by atoms with Crippen molar-refractivity contribution in [1.29, 1.82) is 0 Å². The van der Waals surface area contributed by atoms with E-state index in [4.69, 9.17) is 16.2 Å². The number of hydrogen-bond donors (Lipinski definition) is 3. The molecule has 1 aliphatic rings. The fraction of sp³-hybridized carbons (Fsp3) is 0.368. The fourth-order valence-corrected chi connectivity index (χ4v) is 3.03. The first-order valence-electron chi connectivity index (χ1n) is 9.05. The molecular weight excluding hydrogens is 344 g/mol. The molecule has 5 N–H and O–H groups in total. The van der Waals surface area contributed by atoms with Gasteiger partial charge in [-0.1, -0.05) is 23.8 Å². The third kappa shape index (κ3) is 5.40. The second-order valence-electron chi connectivity index (χ2n) is 6.37. The molecule has 0 spiro atoms. The number of nitrogens with one attached hydrogen (secondary N) is 1. The zero-order chi connectivity index (χ0) is 19.1. The predicted octanol–water partition coefficient (Wildman–Crippen LogP) is 2.70. The zero-order valence-electron chi connectivity index (χ0n) is 15.1. The van der Waals surface area contributed by atoms with Crippen LogP contribution in [0.4, 0.5) is 17.6 Å². The van der Waals surface area contributed by atoms with Gasteiger partial charge in [0, 0.05) is 12.2 Å². The summed E-state index contributed by atoms with van der Waals surface area (Å²) in [6, 6.07) is 7.27. The van der Waals surface area contributed by atoms with E-state index in [1.807, 2.05) is 12.1 Å². The van der Waals surface area contributed by atoms with E-state index in [0.717, 1.165) is 18.7 Å². The maximum absolute atomic E-state index is 12.5. The Morgan fingerprint density at radius 2 is 1.89 bits per heavy atom. The molecule has 27 heavy (non-hydrogen) atoms. The maximum atomic E-state index is 12.5. The highest BCUT2D eigenvalue weighted by molar-refractivity contribution is 5.95. The van der Waals surface area contributed by atoms with Crippen LogP contribution in [0.3, 0.4) is 0 Å². The number of ether oxygens (including phenoxy) is 1. The standard InChI is InChI=1S/C19H24N6O2/c20-18-23-16(24-19(21)25-18)12-27-17(26)14-8-4-5-9-15(14)22-11-10-13-6-2-1-3-7-13/h4-6,8-9,22H,1-3,7,10-12H2,(H4,20,21,23,24,25). The molecule has 0 radical (unpaired) electrons. The van der Waals surface area contributed by atoms with Crippen molar-refractivity contribution in [2.75, 3.05) is 23.3 Å². The highest BCUT2D eigenvalue weighted by Crippen LogP contribution is 2.21. The molecule has 1 aromatic carbocycles. The number of para-hydroxylation sites is 1. The van der Waals surface area contributed by atoms with Crippen LogP contribution in [-0.4, -0.2) is 27.5 Å². The summed E-state index contributed by atoms with van der Waals surface area (Å²) in [6.07, 6.45) is 8.20. The lowest BCUT2D eigenvalue weighted by molar-refractivity contribution is 0.0463. The van der Waals surface area contributed by atoms with Gasteiger partial charge in [0.2, 0.25) is 11.9 Å². The Kier molecular flexibility index (Phi) is 6.19. The van der Waals surface area contributed by atoms with Gasteiger partial charge < -0.3 is 21.5 Å². The molecule has 142 valence electrons. The summed E-state index contributed by atoms with van der Waals surface area (Å²) in [7, 11) is 0. The molecular formula is C19H24N6O2. The van der Waals surface area contributed by atoms with Gasteiger partial charge in [-0.15, -0.1) is 0 Å². The van der Waals surface area contributed by atoms with Crippen molar-refractivity contribution in [3.8, 4) is 0 Å². The number of hydrogen-bond acceptors (Lipinski definition) is 8. The largest absolute Gasteiger partial charge is 0.454 e. The molecule has 8 heteroatoms. The first-order valence-corrected chi connectivity index (χ1v) is 9.05. The van der Waals surface area contributed by atoms with Gasteiger partial charge in [-0.25, -0.2) is 4.79 Å². The number of anilines is 3. The minimum absolute atomic E-state index is 0.00682. The smallest absolute Gasteiger partial charge is 0.340 e. The maximum Gasteiger partial charge on any atom is 0.340 e. The van der Waals surface area contributed by atoms with Crippen LogP contribution in [0.2, 0.25) is 0 Å². The number of aromatic nitrogens is 3. The molecule has 3 rings (SSSR count). The highest BCUT2D eigenvalue weighted by Gasteiger charge is 2.14. The summed E-state index contributed by atoms with van der Waals surface area (Å²) in [5.41, 5.74) is 13.7. The average molecular weight is 368 g/mol. The topological polar surface area (TPSA) is 129 Å². The van der Waals surface area contributed by atoms with Crippen molar-refractivity contribution >= 4 is 23.6 Å². The van der Waals surface area contributed by atoms with Crippen LogP contribution < -0.4 is 16.8 Å². The first kappa shape index (κ1) is 18.6. The Hall–Kier alpha value is -3.16. The quantitative estimate of drug-likeness (QED) is 0.502. The van der Waals surface area contributed by atoms with Gasteiger partial charge >= 0.3 is 5.97 Å². The van der Waals surface area contributed by atoms with Gasteiger partial charge in [0.1, 0.15) is 0 Å². The van der Waals surface area contributed by atoms with E-state index in [1.165, 1.54) is 31.3 Å². The molecule has 0 saturated heterocycles. The molecule has 0 amide bonds. The Labute approximate surface area is 158 Å². The molecule has 0 atom stereocenters. The number of benzene rings is 1. The van der Waals surface area contributed by atoms with E-state index in [9.17, 15) is 4.79 Å². The van der Waals surface area contributed by atoms with Gasteiger partial charge in [0.05, 0.1) is 5.56 Å². The average Bonchev–Trinajstić information content (AvgIpc) is 2.67. The highest BCUT2D eigenvalue weighted by atomic mass is 16.5. The molecule has 1 aliphatic carbocycles. The van der Waals surface area contributed by atoms with Gasteiger partial charge in [-0.3, -0.25) is 0 Å². The fourth-order valence-electron chi connectivity index (χ4n) is 3.03. The molecule has 1 heterocycles. The molecule has 0 fully saturated rings. The van der Waals surface area contributed by atoms with Gasteiger partial charge in [-0.2, -0.15) is 15.0 Å². The summed E-state index contributed by atoms with van der Waals surface area (Å²) >= 11 is 0. The van der Waals surface area contributed by atoms with Crippen molar-refractivity contribution in [3.05, 3.63) is 47.3 Å². The SMILES string of the molecule is Nc1nc(N)nc(COC(=O)c2ccccc2NCCC2=CCCCC2)n1. The predicted molar refractivity (Wildman–Crippen MR) is 104 cm³/mol. The minimum Gasteiger partial charge on any atom is -0.454 e. The summed E-state index contributed by atoms with van der Waals surface area (Å²) in [4.78, 5) is 24.0. The summed E-state index contributed by atoms with van der Waals surface area (Å²) in [5, 5.41) is 3.33. The Balaban J connectivity index is 1.58. The number of nitrogens with zero attached hydrogens (tertiary/aromatic N) is 3. The van der Waals surface area contributed by atoms with Crippen LogP contribution in [-0.2, 0) is 11.3 Å². The number of esters is 1. The molecule has 2 aromatic rings. The van der Waals surface area contributed by atoms with E-state index in [2.05, 4.69) is 26.3 Å². The Morgan fingerprint density at radius 1 is 1.11 bits per heavy atom. The zero-order valence-corrected chi connectivity index (χ0v) is 15.1. The lowest BCUT2D eigenvalue weighted by Gasteiger charge is -2.15. The normalized spacial score (nSPS) is 13.7. The lowest BCUT2D eigenvalue weighted by atomic mass is 9.97. The van der Waals surface area contributed by atoms with Crippen LogP contribution in [0, 0.1) is 0 Å². The summed E-state index contributed by atoms with van der Waals surface area (Å²) < 4.78 is 5.31. The van der Waals surface area contributed by atoms with Crippen LogP contribution in [0.5, 0.6) is 0 Å². The second-order valence-corrected chi connectivity index (χ2v) is 6.37. The Morgan fingerprint density at radius 3 is 2.63 bits per heavy atom. The van der Waals surface area contributed by atoms with Gasteiger partial charge in [0.15, 0.2) is 12.4 Å². The number of nitrogens with two attached hydrogens (primary N) is 2. The third-order valence-electron chi connectivity index (χ3n) is 4.34. The number of carbonyl (C=O) groups is 1. The van der Waals surface area contributed by atoms with Crippen molar-refractivity contribution in [1.82, 2.24) is 15.0 Å². The van der Waals surface area contributed by atoms with E-state index >= 15 is 0 Å². The number of carbonyl (C=O) groups excluding carboxylic acids is 1. The lowest BCUT2D eigenvalue weighted by Crippen LogP contribution is -2.13. The first-order chi connectivity index (χ1) is 13.1. The van der Waals surface area contributed by atoms with E-state index in [1.54, 1.807) is 12.1 Å². The van der Waals surface area contributed by atoms with Gasteiger partial charge in [-0.05, 0) is 44.2 Å². The molecule has 0 aliphatic heterocycles. The van der Waals surface area contributed by atoms with Crippen molar-refractivity contribution in [2.24, 2.45) is 0 Å². The van der Waals surface area contributed by atoms with Crippen LogP contribution >= 0.6 is 0 Å². The van der Waals surface area contributed by atoms with Crippen molar-refractivity contribution < 1.29 is 9.53 Å². The molecule has 0 saturated carbocycles. The van der Waals surface area contributed by atoms with E-state index < -0.39 is 5.97 Å². The minimum atomic E-state index is -0.465. The third-order valence-corrected chi connectivity index (χ3v) is 4.34. The van der Waals surface area contributed by atoms with Crippen molar-refractivity contribution in [3.63, 3.8) is 0 Å². The monoisotopic (exact) mass is 368 g/mol. The Bertz CT molecular complexity index is 816. The molecule has 1 aromatic heterocycles. The van der Waals surface area contributed by atoms with Crippen LogP contribution in [0.25, 0.3) is 0 Å². The summed E-state index contributed by atoms with van der Waals surface area (Å²) in [6.45, 7) is 0.646. The van der Waals surface area contributed by atoms with Gasteiger partial charge in [0.25, 0.3) is 0 Å². The van der Waals surface area contributed by atoms with Crippen molar-refractivity contribution in [2.45, 2.75) is 38.7 Å².